The minimum atomic E-state index is -3.49. The minimum Gasteiger partial charge on any atom is -0.350 e. The third-order valence-corrected chi connectivity index (χ3v) is 10.8. The maximum Gasteiger partial charge on any atom is 0.252 e. The minimum absolute atomic E-state index is 0.00213. The molecule has 1 aromatic rings. The smallest absolute Gasteiger partial charge is 0.252 e. The fraction of sp³-hybridized carbons (Fsp3) is 0.762. The van der Waals surface area contributed by atoms with Gasteiger partial charge >= 0.3 is 0 Å². The number of sulfonamides is 1. The van der Waals surface area contributed by atoms with Gasteiger partial charge in [-0.05, 0) is 88.2 Å². The summed E-state index contributed by atoms with van der Waals surface area (Å²) in [6, 6.07) is 3.53. The van der Waals surface area contributed by atoms with Crippen LogP contribution >= 0.6 is 11.3 Å². The van der Waals surface area contributed by atoms with E-state index >= 15 is 0 Å². The molecule has 1 aromatic heterocycles. The van der Waals surface area contributed by atoms with Crippen molar-refractivity contribution in [2.24, 2.45) is 23.7 Å². The zero-order valence-electron chi connectivity index (χ0n) is 16.5. The van der Waals surface area contributed by atoms with Gasteiger partial charge in [0.1, 0.15) is 4.21 Å². The number of nitrogens with zero attached hydrogens (tertiary/aromatic N) is 1. The first-order valence-corrected chi connectivity index (χ1v) is 13.0. The lowest BCUT2D eigenvalue weighted by atomic mass is 9.53. The zero-order chi connectivity index (χ0) is 19.5. The van der Waals surface area contributed by atoms with E-state index in [1.165, 1.54) is 34.9 Å². The van der Waals surface area contributed by atoms with Crippen LogP contribution in [0, 0.1) is 30.6 Å². The van der Waals surface area contributed by atoms with Gasteiger partial charge in [-0.25, -0.2) is 8.42 Å². The molecule has 1 aliphatic heterocycles. The predicted octanol–water partition coefficient (Wildman–Crippen LogP) is 3.54. The van der Waals surface area contributed by atoms with E-state index in [2.05, 4.69) is 5.32 Å². The van der Waals surface area contributed by atoms with Crippen LogP contribution in [-0.4, -0.2) is 37.3 Å². The summed E-state index contributed by atoms with van der Waals surface area (Å²) in [6.45, 7) is 2.75. The van der Waals surface area contributed by atoms with Crippen LogP contribution in [0.2, 0.25) is 0 Å². The number of nitrogens with one attached hydrogen (secondary N) is 1. The molecule has 0 aromatic carbocycles. The molecule has 154 valence electrons. The fourth-order valence-corrected chi connectivity index (χ4v) is 9.64. The molecule has 4 aliphatic carbocycles. The number of amides is 1. The van der Waals surface area contributed by atoms with Crippen LogP contribution in [0.25, 0.3) is 0 Å². The van der Waals surface area contributed by atoms with Crippen molar-refractivity contribution < 1.29 is 13.2 Å². The van der Waals surface area contributed by atoms with Gasteiger partial charge in [0, 0.05) is 23.5 Å². The summed E-state index contributed by atoms with van der Waals surface area (Å²) in [5.74, 6) is 2.23. The van der Waals surface area contributed by atoms with Crippen molar-refractivity contribution in [3.05, 3.63) is 17.0 Å². The molecule has 28 heavy (non-hydrogen) atoms. The van der Waals surface area contributed by atoms with Gasteiger partial charge in [0.05, 0.1) is 5.92 Å². The molecule has 0 radical (unpaired) electrons. The summed E-state index contributed by atoms with van der Waals surface area (Å²) >= 11 is 1.31. The molecule has 1 N–H and O–H groups in total. The third-order valence-electron chi connectivity index (χ3n) is 7.49. The van der Waals surface area contributed by atoms with Crippen molar-refractivity contribution in [3.63, 3.8) is 0 Å². The Balaban J connectivity index is 1.28. The lowest BCUT2D eigenvalue weighted by Gasteiger charge is -2.57. The zero-order valence-corrected chi connectivity index (χ0v) is 18.2. The number of rotatable bonds is 4. The van der Waals surface area contributed by atoms with Gasteiger partial charge in [-0.2, -0.15) is 4.31 Å². The highest BCUT2D eigenvalue weighted by molar-refractivity contribution is 7.91. The van der Waals surface area contributed by atoms with Crippen molar-refractivity contribution in [1.29, 1.82) is 0 Å². The summed E-state index contributed by atoms with van der Waals surface area (Å²) in [7, 11) is -3.49. The monoisotopic (exact) mass is 422 g/mol. The highest BCUT2D eigenvalue weighted by Crippen LogP contribution is 2.55. The Morgan fingerprint density at radius 3 is 2.36 bits per heavy atom. The van der Waals surface area contributed by atoms with E-state index in [9.17, 15) is 13.2 Å². The average molecular weight is 423 g/mol. The average Bonchev–Trinajstić information content (AvgIpc) is 3.07. The maximum atomic E-state index is 13.2. The number of hydrogen-bond acceptors (Lipinski definition) is 4. The van der Waals surface area contributed by atoms with Gasteiger partial charge in [-0.15, -0.1) is 11.3 Å². The normalized spacial score (nSPS) is 37.9. The van der Waals surface area contributed by atoms with Crippen LogP contribution in [0.4, 0.5) is 0 Å². The molecule has 0 unspecified atom stereocenters. The Morgan fingerprint density at radius 1 is 1.14 bits per heavy atom. The molecule has 7 heteroatoms. The van der Waals surface area contributed by atoms with Crippen LogP contribution in [0.3, 0.4) is 0 Å². The van der Waals surface area contributed by atoms with E-state index in [1.54, 1.807) is 6.07 Å². The number of thiophene rings is 1. The van der Waals surface area contributed by atoms with Gasteiger partial charge in [0.15, 0.2) is 0 Å². The SMILES string of the molecule is Cc1ccc(S(=O)(=O)N2CCC[C@H](C(=O)NC34CC5CC(CC(C5)C3)C4)C2)s1. The molecule has 5 aliphatic rings. The highest BCUT2D eigenvalue weighted by Gasteiger charge is 2.52. The first kappa shape index (κ1) is 19.1. The molecular weight excluding hydrogens is 392 g/mol. The molecule has 6 rings (SSSR count). The second-order valence-corrected chi connectivity index (χ2v) is 13.2. The number of piperidine rings is 1. The summed E-state index contributed by atoms with van der Waals surface area (Å²) in [6.07, 6.45) is 8.99. The summed E-state index contributed by atoms with van der Waals surface area (Å²) in [5.41, 5.74) is -0.00213. The topological polar surface area (TPSA) is 66.5 Å². The molecule has 2 heterocycles. The molecule has 1 atom stereocenters. The van der Waals surface area contributed by atoms with Crippen LogP contribution in [0.15, 0.2) is 16.3 Å². The molecule has 0 spiro atoms. The predicted molar refractivity (Wildman–Crippen MR) is 110 cm³/mol. The van der Waals surface area contributed by atoms with Crippen LogP contribution in [0.1, 0.15) is 56.2 Å². The van der Waals surface area contributed by atoms with Crippen molar-refractivity contribution in [3.8, 4) is 0 Å². The molecular formula is C21H30N2O3S2. The molecule has 4 saturated carbocycles. The second-order valence-electron chi connectivity index (χ2n) is 9.75. The van der Waals surface area contributed by atoms with E-state index < -0.39 is 10.0 Å². The summed E-state index contributed by atoms with van der Waals surface area (Å²) in [4.78, 5) is 14.2. The highest BCUT2D eigenvalue weighted by atomic mass is 32.2. The molecule has 4 bridgehead atoms. The lowest BCUT2D eigenvalue weighted by Crippen LogP contribution is -2.61. The number of carbonyl (C=O) groups excluding carboxylic acids is 1. The lowest BCUT2D eigenvalue weighted by molar-refractivity contribution is -0.131. The van der Waals surface area contributed by atoms with Crippen LogP contribution in [0.5, 0.6) is 0 Å². The summed E-state index contributed by atoms with van der Waals surface area (Å²) in [5, 5.41) is 3.45. The molecule has 5 fully saturated rings. The first-order chi connectivity index (χ1) is 13.3. The van der Waals surface area contributed by atoms with E-state index in [1.807, 2.05) is 13.0 Å². The molecule has 1 amide bonds. The van der Waals surface area contributed by atoms with Crippen molar-refractivity contribution in [1.82, 2.24) is 9.62 Å². The van der Waals surface area contributed by atoms with Gasteiger partial charge in [0.25, 0.3) is 10.0 Å². The molecule has 1 saturated heterocycles. The quantitative estimate of drug-likeness (QED) is 0.807. The first-order valence-electron chi connectivity index (χ1n) is 10.7. The third kappa shape index (κ3) is 3.33. The van der Waals surface area contributed by atoms with E-state index in [0.717, 1.165) is 54.7 Å². The van der Waals surface area contributed by atoms with Crippen molar-refractivity contribution >= 4 is 27.3 Å². The van der Waals surface area contributed by atoms with Crippen molar-refractivity contribution in [2.75, 3.05) is 13.1 Å². The van der Waals surface area contributed by atoms with E-state index in [4.69, 9.17) is 0 Å². The van der Waals surface area contributed by atoms with E-state index in [0.29, 0.717) is 17.3 Å². The van der Waals surface area contributed by atoms with Gasteiger partial charge in [0.2, 0.25) is 5.91 Å². The number of carbonyl (C=O) groups is 1. The Kier molecular flexibility index (Phi) is 4.64. The Labute approximate surface area is 171 Å². The van der Waals surface area contributed by atoms with Crippen LogP contribution in [-0.2, 0) is 14.8 Å². The van der Waals surface area contributed by atoms with Gasteiger partial charge < -0.3 is 5.32 Å². The Hall–Kier alpha value is -0.920. The maximum absolute atomic E-state index is 13.2. The van der Waals surface area contributed by atoms with E-state index in [-0.39, 0.29) is 17.4 Å². The Morgan fingerprint density at radius 2 is 1.79 bits per heavy atom. The van der Waals surface area contributed by atoms with Crippen LogP contribution < -0.4 is 5.32 Å². The van der Waals surface area contributed by atoms with Gasteiger partial charge in [-0.1, -0.05) is 0 Å². The second kappa shape index (κ2) is 6.81. The summed E-state index contributed by atoms with van der Waals surface area (Å²) < 4.78 is 27.9. The van der Waals surface area contributed by atoms with Gasteiger partial charge in [-0.3, -0.25) is 4.79 Å². The van der Waals surface area contributed by atoms with Crippen molar-refractivity contribution in [2.45, 2.75) is 68.0 Å². The standard InChI is InChI=1S/C21H30N2O3S2/c1-14-4-5-19(27-14)28(25,26)23-6-2-3-18(13-23)20(24)22-21-10-15-7-16(11-21)9-17(8-15)12-21/h4-5,15-18H,2-3,6-13H2,1H3,(H,22,24)/t15?,16?,17?,18-,21?/m0/s1. The molecule has 5 nitrogen and oxygen atoms in total. The fourth-order valence-electron chi connectivity index (χ4n) is 6.68. The number of hydrogen-bond donors (Lipinski definition) is 1. The largest absolute Gasteiger partial charge is 0.350 e. The Bertz CT molecular complexity index is 841. The number of aryl methyl sites for hydroxylation is 1.